The highest BCUT2D eigenvalue weighted by Crippen LogP contribution is 2.47. The number of hydrogen-bond donors (Lipinski definition) is 0. The van der Waals surface area contributed by atoms with Crippen LogP contribution >= 0.6 is 0 Å². The minimum absolute atomic E-state index is 0.638. The molecule has 0 aliphatic heterocycles. The number of nitrogens with zero attached hydrogens (tertiary/aromatic N) is 1. The molecule has 0 aliphatic rings. The topological polar surface area (TPSA) is 39.2 Å². The monoisotopic (exact) mass is 637 g/mol. The van der Waals surface area contributed by atoms with Gasteiger partial charge >= 0.3 is 0 Å². The Labute approximate surface area is 286 Å². The fourth-order valence-electron chi connectivity index (χ4n) is 8.10. The maximum atomic E-state index is 6.49. The van der Waals surface area contributed by atoms with Crippen molar-refractivity contribution in [1.29, 1.82) is 0 Å². The lowest BCUT2D eigenvalue weighted by Gasteiger charge is -2.18. The van der Waals surface area contributed by atoms with Gasteiger partial charge in [-0.15, -0.1) is 0 Å². The van der Waals surface area contributed by atoms with Crippen LogP contribution in [0.1, 0.15) is 0 Å². The van der Waals surface area contributed by atoms with E-state index in [-0.39, 0.29) is 0 Å². The molecule has 0 unspecified atom stereocenters. The fraction of sp³-hybridized carbons (Fsp3) is 0. The number of benzene rings is 9. The Morgan fingerprint density at radius 2 is 1.02 bits per heavy atom. The van der Waals surface area contributed by atoms with Gasteiger partial charge < -0.3 is 8.83 Å². The highest BCUT2D eigenvalue weighted by molar-refractivity contribution is 6.26. The minimum atomic E-state index is 0.638. The van der Waals surface area contributed by atoms with Gasteiger partial charge in [0.05, 0.1) is 0 Å². The normalized spacial score (nSPS) is 12.0. The van der Waals surface area contributed by atoms with E-state index in [9.17, 15) is 0 Å². The molecular formula is C47H27NO2. The van der Waals surface area contributed by atoms with Crippen LogP contribution in [0, 0.1) is 0 Å². The molecule has 11 aromatic rings. The summed E-state index contributed by atoms with van der Waals surface area (Å²) in [6.45, 7) is 0. The zero-order valence-electron chi connectivity index (χ0n) is 26.9. The van der Waals surface area contributed by atoms with Crippen molar-refractivity contribution in [3.63, 3.8) is 0 Å². The number of fused-ring (bicyclic) bond motifs is 10. The molecule has 0 saturated carbocycles. The van der Waals surface area contributed by atoms with Crippen LogP contribution in [0.4, 0.5) is 0 Å². The summed E-state index contributed by atoms with van der Waals surface area (Å²) in [6.07, 6.45) is 0. The molecule has 2 heterocycles. The summed E-state index contributed by atoms with van der Waals surface area (Å²) in [4.78, 5) is 4.87. The van der Waals surface area contributed by atoms with E-state index >= 15 is 0 Å². The van der Waals surface area contributed by atoms with E-state index < -0.39 is 0 Å². The average molecular weight is 638 g/mol. The second-order valence-corrected chi connectivity index (χ2v) is 13.0. The summed E-state index contributed by atoms with van der Waals surface area (Å²) < 4.78 is 12.8. The Morgan fingerprint density at radius 3 is 1.80 bits per heavy atom. The van der Waals surface area contributed by atoms with Gasteiger partial charge in [0.2, 0.25) is 5.89 Å². The highest BCUT2D eigenvalue weighted by atomic mass is 16.3. The molecule has 0 aliphatic carbocycles. The summed E-state index contributed by atoms with van der Waals surface area (Å²) in [5.41, 5.74) is 9.28. The minimum Gasteiger partial charge on any atom is -0.456 e. The number of rotatable bonds is 3. The van der Waals surface area contributed by atoms with Gasteiger partial charge in [-0.2, -0.15) is 0 Å². The summed E-state index contributed by atoms with van der Waals surface area (Å²) in [6, 6.07) is 58.0. The van der Waals surface area contributed by atoms with Crippen LogP contribution in [0.2, 0.25) is 0 Å². The number of furan rings is 1. The lowest BCUT2D eigenvalue weighted by molar-refractivity contribution is 0.623. The number of oxazole rings is 1. The van der Waals surface area contributed by atoms with E-state index in [1.165, 1.54) is 43.8 Å². The Balaban J connectivity index is 1.18. The predicted molar refractivity (Wildman–Crippen MR) is 208 cm³/mol. The molecule has 0 radical (unpaired) electrons. The van der Waals surface area contributed by atoms with Crippen molar-refractivity contribution in [2.24, 2.45) is 0 Å². The van der Waals surface area contributed by atoms with Crippen LogP contribution in [0.3, 0.4) is 0 Å². The van der Waals surface area contributed by atoms with Crippen LogP contribution < -0.4 is 0 Å². The molecule has 9 aromatic carbocycles. The third-order valence-corrected chi connectivity index (χ3v) is 10.3. The Morgan fingerprint density at radius 1 is 0.380 bits per heavy atom. The quantitative estimate of drug-likeness (QED) is 0.143. The lowest BCUT2D eigenvalue weighted by atomic mass is 9.84. The van der Waals surface area contributed by atoms with Gasteiger partial charge in [-0.1, -0.05) is 127 Å². The zero-order chi connectivity index (χ0) is 32.8. The largest absolute Gasteiger partial charge is 0.456 e. The van der Waals surface area contributed by atoms with Crippen LogP contribution in [0.25, 0.3) is 110 Å². The van der Waals surface area contributed by atoms with Crippen molar-refractivity contribution < 1.29 is 8.83 Å². The predicted octanol–water partition coefficient (Wildman–Crippen LogP) is 13.3. The van der Waals surface area contributed by atoms with E-state index in [1.807, 2.05) is 36.4 Å². The maximum absolute atomic E-state index is 6.49. The molecule has 232 valence electrons. The van der Waals surface area contributed by atoms with Crippen LogP contribution in [0.5, 0.6) is 0 Å². The van der Waals surface area contributed by atoms with Gasteiger partial charge in [-0.25, -0.2) is 4.98 Å². The van der Waals surface area contributed by atoms with E-state index in [4.69, 9.17) is 13.8 Å². The standard InChI is InChI=1S/C47H27NO2/c1-2-11-29(12-3-1)47-48-39-26-24-28-21-22-30-27-31(23-25-32(30)43(28)46(39)50-47)42-33-13-4-6-15-35(33)44(36-16-7-5-14-34(36)42)38-18-10-20-41-45(38)37-17-8-9-19-40(37)49-41/h1-27H. The molecule has 2 aromatic heterocycles. The maximum Gasteiger partial charge on any atom is 0.227 e. The van der Waals surface area contributed by atoms with Crippen LogP contribution in [-0.4, -0.2) is 4.98 Å². The lowest BCUT2D eigenvalue weighted by Crippen LogP contribution is -1.91. The van der Waals surface area contributed by atoms with Crippen molar-refractivity contribution in [2.75, 3.05) is 0 Å². The molecule has 0 bridgehead atoms. The Bertz CT molecular complexity index is 3090. The molecule has 0 spiro atoms. The molecule has 0 amide bonds. The second-order valence-electron chi connectivity index (χ2n) is 13.0. The first-order valence-electron chi connectivity index (χ1n) is 17.0. The fourth-order valence-corrected chi connectivity index (χ4v) is 8.10. The summed E-state index contributed by atoms with van der Waals surface area (Å²) >= 11 is 0. The van der Waals surface area contributed by atoms with Crippen LogP contribution in [-0.2, 0) is 0 Å². The molecule has 0 fully saturated rings. The summed E-state index contributed by atoms with van der Waals surface area (Å²) in [7, 11) is 0. The molecule has 0 atom stereocenters. The molecule has 3 heteroatoms. The van der Waals surface area contributed by atoms with Crippen molar-refractivity contribution in [2.45, 2.75) is 0 Å². The highest BCUT2D eigenvalue weighted by Gasteiger charge is 2.21. The first kappa shape index (κ1) is 27.3. The Hall–Kier alpha value is -6.71. The van der Waals surface area contributed by atoms with Gasteiger partial charge in [0.25, 0.3) is 0 Å². The third kappa shape index (κ3) is 3.89. The molecular weight excluding hydrogens is 611 g/mol. The smallest absolute Gasteiger partial charge is 0.227 e. The number of hydrogen-bond acceptors (Lipinski definition) is 3. The molecule has 0 N–H and O–H groups in total. The SMILES string of the molecule is c1ccc(-c2nc3ccc4ccc5cc(-c6c7ccccc7c(-c7cccc8oc9ccccc9c78)c7ccccc67)ccc5c4c3o2)cc1. The summed E-state index contributed by atoms with van der Waals surface area (Å²) in [5.74, 6) is 0.638. The average Bonchev–Trinajstić information content (AvgIpc) is 3.79. The van der Waals surface area contributed by atoms with Gasteiger partial charge in [-0.3, -0.25) is 0 Å². The van der Waals surface area contributed by atoms with Crippen LogP contribution in [0.15, 0.2) is 173 Å². The Kier molecular flexibility index (Phi) is 5.67. The number of para-hydroxylation sites is 1. The van der Waals surface area contributed by atoms with Gasteiger partial charge in [0, 0.05) is 21.7 Å². The first-order chi connectivity index (χ1) is 24.8. The van der Waals surface area contributed by atoms with Gasteiger partial charge in [0.15, 0.2) is 5.58 Å². The summed E-state index contributed by atoms with van der Waals surface area (Å²) in [5, 5.41) is 11.7. The zero-order valence-corrected chi connectivity index (χ0v) is 26.9. The van der Waals surface area contributed by atoms with E-state index in [0.717, 1.165) is 60.1 Å². The van der Waals surface area contributed by atoms with E-state index in [1.54, 1.807) is 0 Å². The second kappa shape index (κ2) is 10.4. The van der Waals surface area contributed by atoms with Crippen molar-refractivity contribution >= 4 is 76.1 Å². The first-order valence-corrected chi connectivity index (χ1v) is 17.0. The van der Waals surface area contributed by atoms with Gasteiger partial charge in [0.1, 0.15) is 16.7 Å². The van der Waals surface area contributed by atoms with Crippen molar-refractivity contribution in [3.8, 4) is 33.7 Å². The molecule has 50 heavy (non-hydrogen) atoms. The third-order valence-electron chi connectivity index (χ3n) is 10.3. The van der Waals surface area contributed by atoms with Crippen molar-refractivity contribution in [1.82, 2.24) is 4.98 Å². The molecule has 11 rings (SSSR count). The van der Waals surface area contributed by atoms with E-state index in [2.05, 4.69) is 127 Å². The van der Waals surface area contributed by atoms with E-state index in [0.29, 0.717) is 5.89 Å². The molecule has 3 nitrogen and oxygen atoms in total. The molecule has 0 saturated heterocycles. The number of aromatic nitrogens is 1. The van der Waals surface area contributed by atoms with Crippen molar-refractivity contribution in [3.05, 3.63) is 164 Å². The van der Waals surface area contributed by atoms with Gasteiger partial charge in [-0.05, 0) is 96.4 Å².